The van der Waals surface area contributed by atoms with Gasteiger partial charge in [-0.25, -0.2) is 9.97 Å². The van der Waals surface area contributed by atoms with Gasteiger partial charge in [0.2, 0.25) is 0 Å². The molecule has 0 saturated carbocycles. The highest BCUT2D eigenvalue weighted by Crippen LogP contribution is 2.32. The quantitative estimate of drug-likeness (QED) is 0.592. The van der Waals surface area contributed by atoms with Crippen molar-refractivity contribution < 1.29 is 35.9 Å². The van der Waals surface area contributed by atoms with E-state index in [2.05, 4.69) is 14.7 Å². The number of hydrogen-bond acceptors (Lipinski definition) is 4. The monoisotopic (exact) mass is 370 g/mol. The van der Waals surface area contributed by atoms with Crippen molar-refractivity contribution in [2.45, 2.75) is 12.5 Å². The summed E-state index contributed by atoms with van der Waals surface area (Å²) in [6.45, 7) is 0. The number of ether oxygens (including phenoxy) is 1. The van der Waals surface area contributed by atoms with Crippen LogP contribution in [-0.4, -0.2) is 21.6 Å². The smallest absolute Gasteiger partial charge is 0.406 e. The van der Waals surface area contributed by atoms with Gasteiger partial charge in [-0.15, -0.1) is 13.2 Å². The minimum absolute atomic E-state index is 0.0106. The van der Waals surface area contributed by atoms with Crippen LogP contribution in [0.15, 0.2) is 30.5 Å². The van der Waals surface area contributed by atoms with E-state index in [0.29, 0.717) is 6.20 Å². The van der Waals surface area contributed by atoms with Crippen LogP contribution in [0.3, 0.4) is 0 Å². The first kappa shape index (κ1) is 18.0. The molecule has 24 heavy (non-hydrogen) atoms. The van der Waals surface area contributed by atoms with Crippen molar-refractivity contribution in [3.05, 3.63) is 41.7 Å². The van der Waals surface area contributed by atoms with E-state index in [9.17, 15) is 31.1 Å². The van der Waals surface area contributed by atoms with Crippen molar-refractivity contribution in [2.75, 3.05) is 0 Å². The third kappa shape index (κ3) is 4.34. The number of alkyl halides is 6. The van der Waals surface area contributed by atoms with Crippen LogP contribution in [-0.2, 0) is 6.18 Å². The molecule has 11 heteroatoms. The molecule has 1 aromatic heterocycles. The van der Waals surface area contributed by atoms with Gasteiger partial charge in [-0.05, 0) is 35.9 Å². The van der Waals surface area contributed by atoms with Gasteiger partial charge >= 0.3 is 12.5 Å². The minimum Gasteiger partial charge on any atom is -0.406 e. The number of benzene rings is 1. The highest BCUT2D eigenvalue weighted by Gasteiger charge is 2.38. The Morgan fingerprint density at radius 1 is 1.04 bits per heavy atom. The summed E-state index contributed by atoms with van der Waals surface area (Å²) in [4.78, 5) is 17.8. The zero-order valence-electron chi connectivity index (χ0n) is 11.2. The number of carbonyl (C=O) groups excluding carboxylic acids is 1. The van der Waals surface area contributed by atoms with Gasteiger partial charge in [-0.3, -0.25) is 4.79 Å². The molecule has 0 bridgehead atoms. The summed E-state index contributed by atoms with van der Waals surface area (Å²) in [5, 5.41) is -1.39. The lowest BCUT2D eigenvalue weighted by atomic mass is 10.1. The first-order chi connectivity index (χ1) is 11.0. The van der Waals surface area contributed by atoms with Gasteiger partial charge in [-0.2, -0.15) is 13.2 Å². The molecule has 0 N–H and O–H groups in total. The van der Waals surface area contributed by atoms with Gasteiger partial charge < -0.3 is 4.74 Å². The lowest BCUT2D eigenvalue weighted by molar-refractivity contribution is -0.274. The Morgan fingerprint density at radius 3 is 2.08 bits per heavy atom. The largest absolute Gasteiger partial charge is 0.573 e. The molecule has 0 spiro atoms. The third-order valence-corrected chi connectivity index (χ3v) is 2.82. The van der Waals surface area contributed by atoms with Gasteiger partial charge in [0.15, 0.2) is 11.5 Å². The molecule has 0 atom stereocenters. The molecule has 0 amide bonds. The molecule has 0 saturated heterocycles. The van der Waals surface area contributed by atoms with E-state index in [1.165, 1.54) is 0 Å². The van der Waals surface area contributed by atoms with E-state index >= 15 is 0 Å². The molecule has 2 aromatic rings. The number of carbonyl (C=O) groups is 1. The zero-order chi connectivity index (χ0) is 18.1. The van der Waals surface area contributed by atoms with Gasteiger partial charge in [0.05, 0.1) is 5.56 Å². The number of rotatable bonds is 3. The molecule has 4 nitrogen and oxygen atoms in total. The fourth-order valence-corrected chi connectivity index (χ4v) is 1.82. The summed E-state index contributed by atoms with van der Waals surface area (Å²) in [5.41, 5.74) is -2.48. The molecule has 0 aliphatic rings. The van der Waals surface area contributed by atoms with E-state index in [1.807, 2.05) is 0 Å². The number of nitrogens with zero attached hydrogens (tertiary/aromatic N) is 2. The lowest BCUT2D eigenvalue weighted by Gasteiger charge is -2.11. The summed E-state index contributed by atoms with van der Waals surface area (Å²) in [6, 6.07) is 3.86. The maximum absolute atomic E-state index is 12.9. The van der Waals surface area contributed by atoms with Crippen LogP contribution < -0.4 is 4.74 Å². The van der Waals surface area contributed by atoms with Crippen LogP contribution in [0.25, 0.3) is 11.4 Å². The Labute approximate surface area is 135 Å². The van der Waals surface area contributed by atoms with Crippen LogP contribution in [0, 0.1) is 0 Å². The Balaban J connectivity index is 2.41. The second kappa shape index (κ2) is 6.27. The summed E-state index contributed by atoms with van der Waals surface area (Å²) in [5.74, 6) is -1.00. The van der Waals surface area contributed by atoms with Crippen molar-refractivity contribution >= 4 is 16.8 Å². The van der Waals surface area contributed by atoms with Gasteiger partial charge in [-0.1, -0.05) is 0 Å². The molecule has 0 unspecified atom stereocenters. The Kier molecular flexibility index (Phi) is 4.70. The van der Waals surface area contributed by atoms with E-state index in [4.69, 9.17) is 11.6 Å². The predicted molar refractivity (Wildman–Crippen MR) is 69.3 cm³/mol. The zero-order valence-corrected chi connectivity index (χ0v) is 12.0. The summed E-state index contributed by atoms with van der Waals surface area (Å²) >= 11 is 5.05. The summed E-state index contributed by atoms with van der Waals surface area (Å²) < 4.78 is 78.5. The summed E-state index contributed by atoms with van der Waals surface area (Å²) in [7, 11) is 0. The molecule has 1 aromatic carbocycles. The SMILES string of the molecule is O=C(Cl)c1cnc(-c2ccc(OC(F)(F)F)cc2)nc1C(F)(F)F. The second-order valence-electron chi connectivity index (χ2n) is 4.30. The number of hydrogen-bond donors (Lipinski definition) is 0. The maximum Gasteiger partial charge on any atom is 0.573 e. The molecule has 0 aliphatic heterocycles. The first-order valence-electron chi connectivity index (χ1n) is 5.97. The fraction of sp³-hybridized carbons (Fsp3) is 0.154. The molecular weight excluding hydrogens is 366 g/mol. The molecule has 0 fully saturated rings. The van der Waals surface area contributed by atoms with Crippen molar-refractivity contribution in [1.82, 2.24) is 9.97 Å². The van der Waals surface area contributed by atoms with Gasteiger partial charge in [0.25, 0.3) is 5.24 Å². The van der Waals surface area contributed by atoms with Crippen LogP contribution in [0.4, 0.5) is 26.3 Å². The molecular formula is C13H5ClF6N2O2. The van der Waals surface area contributed by atoms with E-state index in [1.54, 1.807) is 0 Å². The Hall–Kier alpha value is -2.36. The highest BCUT2D eigenvalue weighted by molar-refractivity contribution is 6.67. The predicted octanol–water partition coefficient (Wildman–Crippen LogP) is 4.44. The molecule has 1 heterocycles. The van der Waals surface area contributed by atoms with Crippen LogP contribution in [0.2, 0.25) is 0 Å². The van der Waals surface area contributed by atoms with Crippen molar-refractivity contribution in [3.8, 4) is 17.1 Å². The molecule has 128 valence electrons. The average molecular weight is 371 g/mol. The van der Waals surface area contributed by atoms with E-state index < -0.39 is 40.6 Å². The maximum atomic E-state index is 12.9. The van der Waals surface area contributed by atoms with Crippen LogP contribution >= 0.6 is 11.6 Å². The second-order valence-corrected chi connectivity index (χ2v) is 4.64. The molecule has 0 radical (unpaired) electrons. The Bertz CT molecular complexity index is 759. The first-order valence-corrected chi connectivity index (χ1v) is 6.35. The topological polar surface area (TPSA) is 52.1 Å². The third-order valence-electron chi connectivity index (χ3n) is 2.62. The average Bonchev–Trinajstić information content (AvgIpc) is 2.44. The lowest BCUT2D eigenvalue weighted by Crippen LogP contribution is -2.17. The van der Waals surface area contributed by atoms with Crippen LogP contribution in [0.5, 0.6) is 5.75 Å². The van der Waals surface area contributed by atoms with Crippen molar-refractivity contribution in [1.29, 1.82) is 0 Å². The van der Waals surface area contributed by atoms with E-state index in [-0.39, 0.29) is 5.56 Å². The standard InChI is InChI=1S/C13H5ClF6N2O2/c14-10(23)8-5-21-11(22-9(8)12(15,16)17)6-1-3-7(4-2-6)24-13(18,19)20/h1-5H. The molecule has 0 aliphatic carbocycles. The Morgan fingerprint density at radius 2 is 1.62 bits per heavy atom. The molecule has 2 rings (SSSR count). The van der Waals surface area contributed by atoms with Crippen molar-refractivity contribution in [2.24, 2.45) is 0 Å². The van der Waals surface area contributed by atoms with Gasteiger partial charge in [0.1, 0.15) is 5.75 Å². The number of aromatic nitrogens is 2. The highest BCUT2D eigenvalue weighted by atomic mass is 35.5. The van der Waals surface area contributed by atoms with Crippen molar-refractivity contribution in [3.63, 3.8) is 0 Å². The fourth-order valence-electron chi connectivity index (χ4n) is 1.69. The minimum atomic E-state index is -4.96. The summed E-state index contributed by atoms with van der Waals surface area (Å²) in [6.07, 6.45) is -9.26. The normalized spacial score (nSPS) is 12.1. The van der Waals surface area contributed by atoms with Crippen LogP contribution in [0.1, 0.15) is 16.1 Å². The van der Waals surface area contributed by atoms with E-state index in [0.717, 1.165) is 24.3 Å². The van der Waals surface area contributed by atoms with Gasteiger partial charge in [0, 0.05) is 11.8 Å². The number of halogens is 7.